The third-order valence-corrected chi connectivity index (χ3v) is 1.16. The van der Waals surface area contributed by atoms with Crippen LogP contribution in [0, 0.1) is 0 Å². The van der Waals surface area contributed by atoms with Crippen LogP contribution in [0.3, 0.4) is 0 Å². The Labute approximate surface area is 112 Å². The quantitative estimate of drug-likeness (QED) is 0.499. The van der Waals surface area contributed by atoms with Crippen LogP contribution in [0.25, 0.3) is 0 Å². The second kappa shape index (κ2) is 13.7. The molecule has 0 aromatic heterocycles. The van der Waals surface area contributed by atoms with E-state index in [0.29, 0.717) is 6.10 Å². The Hall–Kier alpha value is 2.09. The first-order valence-corrected chi connectivity index (χ1v) is 2.51. The van der Waals surface area contributed by atoms with E-state index in [0.717, 1.165) is 6.61 Å². The SMILES string of the molecule is Br.CC1CCCO1.Cl.[H-].[H-].[H-].[Li+].[Mg+2]. The van der Waals surface area contributed by atoms with E-state index in [1.807, 2.05) is 0 Å². The zero-order valence-electron chi connectivity index (χ0n) is 9.63. The molecule has 1 fully saturated rings. The van der Waals surface area contributed by atoms with Gasteiger partial charge in [0.25, 0.3) is 0 Å². The minimum atomic E-state index is 0. The average Bonchev–Trinajstić information content (AvgIpc) is 1.86. The largest absolute Gasteiger partial charge is 2.00 e. The molecule has 0 aliphatic carbocycles. The van der Waals surface area contributed by atoms with Crippen molar-refractivity contribution in [2.24, 2.45) is 0 Å². The van der Waals surface area contributed by atoms with E-state index < -0.39 is 0 Å². The molecule has 1 rings (SSSR count). The fraction of sp³-hybridized carbons (Fsp3) is 1.00. The van der Waals surface area contributed by atoms with Gasteiger partial charge in [0, 0.05) is 6.61 Å². The summed E-state index contributed by atoms with van der Waals surface area (Å²) in [6.45, 7) is 3.11. The molecule has 0 aromatic carbocycles. The summed E-state index contributed by atoms with van der Waals surface area (Å²) < 4.78 is 5.15. The van der Waals surface area contributed by atoms with E-state index in [-0.39, 0.29) is 75.6 Å². The van der Waals surface area contributed by atoms with Crippen molar-refractivity contribution in [3.05, 3.63) is 0 Å². The predicted octanol–water partition coefficient (Wildman–Crippen LogP) is -0.854. The molecule has 0 saturated carbocycles. The van der Waals surface area contributed by atoms with Crippen LogP contribution in [0.2, 0.25) is 0 Å². The molecule has 0 aromatic rings. The molecule has 0 radical (unpaired) electrons. The third-order valence-electron chi connectivity index (χ3n) is 1.16. The van der Waals surface area contributed by atoms with E-state index in [1.54, 1.807) is 0 Å². The van der Waals surface area contributed by atoms with Gasteiger partial charge in [-0.3, -0.25) is 0 Å². The molecule has 0 bridgehead atoms. The van der Waals surface area contributed by atoms with Gasteiger partial charge in [0.05, 0.1) is 6.10 Å². The molecule has 10 heavy (non-hydrogen) atoms. The van der Waals surface area contributed by atoms with Crippen molar-refractivity contribution in [1.82, 2.24) is 0 Å². The number of hydrogen-bond acceptors (Lipinski definition) is 1. The fourth-order valence-corrected chi connectivity index (χ4v) is 0.739. The molecular formula is C5H15BrClLiMgO. The van der Waals surface area contributed by atoms with Gasteiger partial charge in [-0.05, 0) is 19.8 Å². The van der Waals surface area contributed by atoms with E-state index in [2.05, 4.69) is 6.92 Å². The maximum atomic E-state index is 5.15. The number of hydrogen-bond donors (Lipinski definition) is 0. The molecular weight excluding hydrogens is 223 g/mol. The molecule has 58 valence electrons. The topological polar surface area (TPSA) is 9.23 Å². The maximum absolute atomic E-state index is 5.15. The number of ether oxygens (including phenoxy) is 1. The first kappa shape index (κ1) is 22.7. The molecule has 0 amide bonds. The van der Waals surface area contributed by atoms with Gasteiger partial charge < -0.3 is 9.02 Å². The van der Waals surface area contributed by atoms with Gasteiger partial charge >= 0.3 is 41.9 Å². The molecule has 1 unspecified atom stereocenters. The first-order chi connectivity index (χ1) is 2.89. The van der Waals surface area contributed by atoms with Gasteiger partial charge in [0.15, 0.2) is 0 Å². The zero-order chi connectivity index (χ0) is 4.41. The number of halogens is 2. The minimum Gasteiger partial charge on any atom is -1.00 e. The molecule has 0 spiro atoms. The summed E-state index contributed by atoms with van der Waals surface area (Å²) in [5.41, 5.74) is 0. The summed E-state index contributed by atoms with van der Waals surface area (Å²) in [4.78, 5) is 0. The summed E-state index contributed by atoms with van der Waals surface area (Å²) in [5.74, 6) is 0. The summed E-state index contributed by atoms with van der Waals surface area (Å²) >= 11 is 0. The fourth-order valence-electron chi connectivity index (χ4n) is 0.739. The van der Waals surface area contributed by atoms with Crippen molar-refractivity contribution < 1.29 is 27.9 Å². The summed E-state index contributed by atoms with van der Waals surface area (Å²) in [6, 6.07) is 0. The molecule has 1 atom stereocenters. The normalized spacial score (nSPS) is 20.7. The van der Waals surface area contributed by atoms with Gasteiger partial charge in [-0.15, -0.1) is 29.4 Å². The van der Waals surface area contributed by atoms with Crippen LogP contribution in [-0.4, -0.2) is 35.8 Å². The van der Waals surface area contributed by atoms with Crippen molar-refractivity contribution in [3.63, 3.8) is 0 Å². The molecule has 5 heteroatoms. The van der Waals surface area contributed by atoms with Crippen molar-refractivity contribution >= 4 is 52.4 Å². The second-order valence-electron chi connectivity index (χ2n) is 1.82. The predicted molar refractivity (Wildman–Crippen MR) is 51.3 cm³/mol. The zero-order valence-corrected chi connectivity index (χ0v) is 10.6. The Kier molecular flexibility index (Phi) is 31.1. The Morgan fingerprint density at radius 3 is 2.10 bits per heavy atom. The van der Waals surface area contributed by atoms with Gasteiger partial charge in [-0.25, -0.2) is 0 Å². The smallest absolute Gasteiger partial charge is 1.00 e. The monoisotopic (exact) mass is 236 g/mol. The number of rotatable bonds is 0. The van der Waals surface area contributed by atoms with Crippen LogP contribution >= 0.6 is 29.4 Å². The van der Waals surface area contributed by atoms with Crippen LogP contribution in [0.1, 0.15) is 24.0 Å². The Morgan fingerprint density at radius 2 is 2.00 bits per heavy atom. The molecule has 1 saturated heterocycles. The summed E-state index contributed by atoms with van der Waals surface area (Å²) in [6.07, 6.45) is 3.08. The Morgan fingerprint density at radius 1 is 1.50 bits per heavy atom. The van der Waals surface area contributed by atoms with E-state index >= 15 is 0 Å². The van der Waals surface area contributed by atoms with E-state index in [9.17, 15) is 0 Å². The Bertz CT molecular complexity index is 65.0. The first-order valence-electron chi connectivity index (χ1n) is 2.51. The standard InChI is InChI=1S/C5H10O.BrH.ClH.Li.Mg.3H/c1-5-3-2-4-6-5;;;;;;;/h5H,2-4H2,1H3;2*1H;;;;;/q;;;+1;+2;3*-1. The molecule has 1 nitrogen and oxygen atoms in total. The van der Waals surface area contributed by atoms with Crippen molar-refractivity contribution in [2.45, 2.75) is 25.9 Å². The van der Waals surface area contributed by atoms with Crippen molar-refractivity contribution in [3.8, 4) is 0 Å². The molecule has 1 heterocycles. The van der Waals surface area contributed by atoms with Gasteiger partial charge in [0.2, 0.25) is 0 Å². The molecule has 1 aliphatic heterocycles. The van der Waals surface area contributed by atoms with Crippen LogP contribution < -0.4 is 18.9 Å². The van der Waals surface area contributed by atoms with Gasteiger partial charge in [-0.2, -0.15) is 0 Å². The third kappa shape index (κ3) is 10.1. The second-order valence-corrected chi connectivity index (χ2v) is 1.82. The van der Waals surface area contributed by atoms with E-state index in [1.165, 1.54) is 12.8 Å². The van der Waals surface area contributed by atoms with Crippen LogP contribution in [0.4, 0.5) is 0 Å². The van der Waals surface area contributed by atoms with Gasteiger partial charge in [-0.1, -0.05) is 0 Å². The minimum absolute atomic E-state index is 0. The maximum Gasteiger partial charge on any atom is 2.00 e. The Balaban J connectivity index is -0.0000000103. The summed E-state index contributed by atoms with van der Waals surface area (Å²) in [7, 11) is 0. The van der Waals surface area contributed by atoms with Gasteiger partial charge in [0.1, 0.15) is 0 Å². The van der Waals surface area contributed by atoms with E-state index in [4.69, 9.17) is 4.74 Å². The summed E-state index contributed by atoms with van der Waals surface area (Å²) in [5, 5.41) is 0. The van der Waals surface area contributed by atoms with Crippen LogP contribution in [0.5, 0.6) is 0 Å². The average molecular weight is 238 g/mol. The van der Waals surface area contributed by atoms with Crippen LogP contribution in [0.15, 0.2) is 0 Å². The molecule has 1 aliphatic rings. The van der Waals surface area contributed by atoms with Crippen molar-refractivity contribution in [1.29, 1.82) is 0 Å². The van der Waals surface area contributed by atoms with Crippen LogP contribution in [-0.2, 0) is 4.74 Å². The van der Waals surface area contributed by atoms with Crippen molar-refractivity contribution in [2.75, 3.05) is 6.61 Å². The molecule has 0 N–H and O–H groups in total.